The van der Waals surface area contributed by atoms with Gasteiger partial charge < -0.3 is 0 Å². The van der Waals surface area contributed by atoms with Crippen molar-refractivity contribution in [3.63, 3.8) is 0 Å². The molecule has 0 N–H and O–H groups in total. The molecular weight excluding hydrogens is 314 g/mol. The third-order valence-electron chi connectivity index (χ3n) is 4.45. The van der Waals surface area contributed by atoms with Gasteiger partial charge in [-0.25, -0.2) is 8.42 Å². The SMILES string of the molecule is Cc1cc(C)c(S(=O)(=O)N2CCCC2c2cccs2)cc1C. The normalized spacial score (nSPS) is 19.7. The summed E-state index contributed by atoms with van der Waals surface area (Å²) in [5, 5.41) is 2.01. The number of rotatable bonds is 3. The fourth-order valence-corrected chi connectivity index (χ4v) is 6.04. The zero-order valence-electron chi connectivity index (χ0n) is 13.2. The van der Waals surface area contributed by atoms with Gasteiger partial charge in [-0.15, -0.1) is 11.3 Å². The van der Waals surface area contributed by atoms with E-state index >= 15 is 0 Å². The third kappa shape index (κ3) is 2.62. The maximum atomic E-state index is 13.2. The number of aryl methyl sites for hydroxylation is 3. The largest absolute Gasteiger partial charge is 0.243 e. The van der Waals surface area contributed by atoms with E-state index < -0.39 is 10.0 Å². The number of hydrogen-bond acceptors (Lipinski definition) is 3. The molecule has 2 aromatic rings. The van der Waals surface area contributed by atoms with E-state index in [0.717, 1.165) is 34.4 Å². The minimum atomic E-state index is -3.44. The Balaban J connectivity index is 2.04. The van der Waals surface area contributed by atoms with Crippen molar-refractivity contribution in [2.75, 3.05) is 6.54 Å². The summed E-state index contributed by atoms with van der Waals surface area (Å²) in [6.07, 6.45) is 1.83. The maximum absolute atomic E-state index is 13.2. The fourth-order valence-electron chi connectivity index (χ4n) is 3.13. The first-order valence-corrected chi connectivity index (χ1v) is 9.86. The van der Waals surface area contributed by atoms with Crippen LogP contribution >= 0.6 is 11.3 Å². The second-order valence-corrected chi connectivity index (χ2v) is 8.83. The Morgan fingerprint density at radius 2 is 1.86 bits per heavy atom. The second kappa shape index (κ2) is 5.80. The van der Waals surface area contributed by atoms with Gasteiger partial charge in [0.25, 0.3) is 0 Å². The summed E-state index contributed by atoms with van der Waals surface area (Å²) >= 11 is 1.64. The lowest BCUT2D eigenvalue weighted by Gasteiger charge is -2.24. The molecule has 3 rings (SSSR count). The average molecular weight is 335 g/mol. The molecule has 118 valence electrons. The van der Waals surface area contributed by atoms with E-state index in [1.165, 1.54) is 0 Å². The van der Waals surface area contributed by atoms with Gasteiger partial charge in [-0.2, -0.15) is 4.31 Å². The molecule has 0 amide bonds. The highest BCUT2D eigenvalue weighted by Crippen LogP contribution is 2.39. The van der Waals surface area contributed by atoms with Gasteiger partial charge in [-0.05, 0) is 67.8 Å². The van der Waals surface area contributed by atoms with Gasteiger partial charge in [0.05, 0.1) is 10.9 Å². The zero-order chi connectivity index (χ0) is 15.9. The van der Waals surface area contributed by atoms with Crippen LogP contribution in [0.1, 0.15) is 40.5 Å². The highest BCUT2D eigenvalue weighted by molar-refractivity contribution is 7.89. The van der Waals surface area contributed by atoms with Crippen LogP contribution in [0.3, 0.4) is 0 Å². The Labute approximate surface area is 136 Å². The first-order valence-electron chi connectivity index (χ1n) is 7.54. The summed E-state index contributed by atoms with van der Waals surface area (Å²) in [5.74, 6) is 0. The van der Waals surface area contributed by atoms with E-state index in [1.807, 2.05) is 50.4 Å². The topological polar surface area (TPSA) is 37.4 Å². The number of thiophene rings is 1. The molecule has 1 aliphatic rings. The Bertz CT molecular complexity index is 779. The predicted molar refractivity (Wildman–Crippen MR) is 90.8 cm³/mol. The van der Waals surface area contributed by atoms with Gasteiger partial charge in [0.1, 0.15) is 0 Å². The average Bonchev–Trinajstić information content (AvgIpc) is 3.11. The maximum Gasteiger partial charge on any atom is 0.243 e. The van der Waals surface area contributed by atoms with Crippen LogP contribution in [0.2, 0.25) is 0 Å². The molecular formula is C17H21NO2S2. The molecule has 0 radical (unpaired) electrons. The van der Waals surface area contributed by atoms with Crippen molar-refractivity contribution in [1.29, 1.82) is 0 Å². The monoisotopic (exact) mass is 335 g/mol. The number of benzene rings is 1. The molecule has 2 heterocycles. The van der Waals surface area contributed by atoms with Gasteiger partial charge in [-0.3, -0.25) is 0 Å². The van der Waals surface area contributed by atoms with E-state index in [9.17, 15) is 8.42 Å². The van der Waals surface area contributed by atoms with Crippen molar-refractivity contribution in [3.05, 3.63) is 51.2 Å². The number of sulfonamides is 1. The van der Waals surface area contributed by atoms with Crippen molar-refractivity contribution in [3.8, 4) is 0 Å². The van der Waals surface area contributed by atoms with Crippen molar-refractivity contribution < 1.29 is 8.42 Å². The Hall–Kier alpha value is -1.17. The summed E-state index contributed by atoms with van der Waals surface area (Å²) in [6.45, 7) is 6.48. The van der Waals surface area contributed by atoms with Crippen LogP contribution in [-0.4, -0.2) is 19.3 Å². The lowest BCUT2D eigenvalue weighted by atomic mass is 10.1. The molecule has 1 atom stereocenters. The quantitative estimate of drug-likeness (QED) is 0.843. The standard InChI is InChI=1S/C17H21NO2S2/c1-12-10-14(3)17(11-13(12)2)22(19,20)18-8-4-6-15(18)16-7-5-9-21-16/h5,7,9-11,15H,4,6,8H2,1-3H3. The molecule has 1 fully saturated rings. The zero-order valence-corrected chi connectivity index (χ0v) is 14.8. The van der Waals surface area contributed by atoms with E-state index in [0.29, 0.717) is 11.4 Å². The first-order chi connectivity index (χ1) is 10.4. The van der Waals surface area contributed by atoms with Crippen LogP contribution in [0, 0.1) is 20.8 Å². The first kappa shape index (κ1) is 15.7. The van der Waals surface area contributed by atoms with Gasteiger partial charge in [0.2, 0.25) is 10.0 Å². The van der Waals surface area contributed by atoms with Crippen LogP contribution in [0.4, 0.5) is 0 Å². The van der Waals surface area contributed by atoms with Gasteiger partial charge in [0, 0.05) is 11.4 Å². The minimum Gasteiger partial charge on any atom is -0.207 e. The summed E-state index contributed by atoms with van der Waals surface area (Å²) < 4.78 is 28.0. The molecule has 3 nitrogen and oxygen atoms in total. The van der Waals surface area contributed by atoms with Gasteiger partial charge in [0.15, 0.2) is 0 Å². The van der Waals surface area contributed by atoms with E-state index in [1.54, 1.807) is 15.6 Å². The minimum absolute atomic E-state index is 0.00832. The van der Waals surface area contributed by atoms with Crippen molar-refractivity contribution in [1.82, 2.24) is 4.31 Å². The molecule has 0 bridgehead atoms. The van der Waals surface area contributed by atoms with Crippen LogP contribution in [0.5, 0.6) is 0 Å². The highest BCUT2D eigenvalue weighted by Gasteiger charge is 2.37. The van der Waals surface area contributed by atoms with E-state index in [4.69, 9.17) is 0 Å². The summed E-state index contributed by atoms with van der Waals surface area (Å²) in [6, 6.07) is 7.81. The van der Waals surface area contributed by atoms with Crippen molar-refractivity contribution in [2.24, 2.45) is 0 Å². The van der Waals surface area contributed by atoms with Crippen LogP contribution in [0.15, 0.2) is 34.5 Å². The Morgan fingerprint density at radius 1 is 1.14 bits per heavy atom. The summed E-state index contributed by atoms with van der Waals surface area (Å²) in [7, 11) is -3.44. The molecule has 1 saturated heterocycles. The molecule has 5 heteroatoms. The summed E-state index contributed by atoms with van der Waals surface area (Å²) in [5.41, 5.74) is 2.99. The molecule has 1 aromatic carbocycles. The number of nitrogens with zero attached hydrogens (tertiary/aromatic N) is 1. The Kier molecular flexibility index (Phi) is 4.14. The smallest absolute Gasteiger partial charge is 0.207 e. The van der Waals surface area contributed by atoms with Crippen molar-refractivity contribution in [2.45, 2.75) is 44.6 Å². The molecule has 1 unspecified atom stereocenters. The molecule has 1 aromatic heterocycles. The highest BCUT2D eigenvalue weighted by atomic mass is 32.2. The summed E-state index contributed by atoms with van der Waals surface area (Å²) in [4.78, 5) is 1.60. The predicted octanol–water partition coefficient (Wildman–Crippen LogP) is 4.20. The third-order valence-corrected chi connectivity index (χ3v) is 7.48. The molecule has 0 saturated carbocycles. The fraction of sp³-hybridized carbons (Fsp3) is 0.412. The molecule has 0 aliphatic carbocycles. The van der Waals surface area contributed by atoms with E-state index in [2.05, 4.69) is 0 Å². The van der Waals surface area contributed by atoms with Gasteiger partial charge in [-0.1, -0.05) is 12.1 Å². The molecule has 0 spiro atoms. The molecule has 22 heavy (non-hydrogen) atoms. The van der Waals surface area contributed by atoms with Gasteiger partial charge >= 0.3 is 0 Å². The number of hydrogen-bond donors (Lipinski definition) is 0. The van der Waals surface area contributed by atoms with Crippen molar-refractivity contribution >= 4 is 21.4 Å². The lowest BCUT2D eigenvalue weighted by Crippen LogP contribution is -2.31. The van der Waals surface area contributed by atoms with Crippen LogP contribution in [-0.2, 0) is 10.0 Å². The lowest BCUT2D eigenvalue weighted by molar-refractivity contribution is 0.400. The molecule has 1 aliphatic heterocycles. The van der Waals surface area contributed by atoms with Crippen LogP contribution in [0.25, 0.3) is 0 Å². The van der Waals surface area contributed by atoms with E-state index in [-0.39, 0.29) is 6.04 Å². The Morgan fingerprint density at radius 3 is 2.55 bits per heavy atom. The second-order valence-electron chi connectivity index (χ2n) is 5.99. The van der Waals surface area contributed by atoms with Crippen LogP contribution < -0.4 is 0 Å².